The quantitative estimate of drug-likeness (QED) is 0.760. The lowest BCUT2D eigenvalue weighted by Gasteiger charge is -2.34. The van der Waals surface area contributed by atoms with Gasteiger partial charge in [-0.2, -0.15) is 0 Å². The molecule has 0 aromatic rings. The largest absolute Gasteiger partial charge is 0.479 e. The second-order valence-electron chi connectivity index (χ2n) is 4.17. The van der Waals surface area contributed by atoms with Crippen LogP contribution < -0.4 is 0 Å². The Kier molecular flexibility index (Phi) is 4.29. The lowest BCUT2D eigenvalue weighted by molar-refractivity contribution is -0.158. The summed E-state index contributed by atoms with van der Waals surface area (Å²) in [5, 5.41) is 9.35. The lowest BCUT2D eigenvalue weighted by atomic mass is 9.90. The minimum Gasteiger partial charge on any atom is -0.479 e. The first-order valence-corrected chi connectivity index (χ1v) is 5.61. The van der Waals surface area contributed by atoms with Gasteiger partial charge in [0.1, 0.15) is 12.1 Å². The number of hydrogen-bond acceptors (Lipinski definition) is 3. The molecule has 0 spiro atoms. The molecular weight excluding hydrogens is 210 g/mol. The third kappa shape index (κ3) is 2.19. The third-order valence-electron chi connectivity index (χ3n) is 3.12. The third-order valence-corrected chi connectivity index (χ3v) is 3.12. The molecule has 1 heterocycles. The minimum atomic E-state index is -0.996. The number of carbonyl (C=O) groups is 2. The number of likely N-dealkylation sites (tertiary alicyclic amines) is 1. The van der Waals surface area contributed by atoms with E-state index in [1.807, 2.05) is 6.92 Å². The molecule has 0 aliphatic carbocycles. The zero-order chi connectivity index (χ0) is 12.2. The molecule has 0 aromatic heterocycles. The molecule has 1 rings (SSSR count). The van der Waals surface area contributed by atoms with Crippen molar-refractivity contribution in [3.8, 4) is 0 Å². The van der Waals surface area contributed by atoms with Crippen molar-refractivity contribution in [3.05, 3.63) is 0 Å². The Morgan fingerprint density at radius 1 is 1.50 bits per heavy atom. The molecule has 1 N–H and O–H groups in total. The van der Waals surface area contributed by atoms with E-state index >= 15 is 0 Å². The molecule has 1 atom stereocenters. The topological polar surface area (TPSA) is 66.8 Å². The van der Waals surface area contributed by atoms with Gasteiger partial charge >= 0.3 is 5.97 Å². The van der Waals surface area contributed by atoms with Gasteiger partial charge in [0.15, 0.2) is 0 Å². The lowest BCUT2D eigenvalue weighted by Crippen LogP contribution is -2.53. The van der Waals surface area contributed by atoms with Gasteiger partial charge in [0.25, 0.3) is 0 Å². The summed E-state index contributed by atoms with van der Waals surface area (Å²) in [5.74, 6) is -1.12. The van der Waals surface area contributed by atoms with Gasteiger partial charge in [-0.05, 0) is 19.3 Å². The van der Waals surface area contributed by atoms with Crippen molar-refractivity contribution in [2.24, 2.45) is 0 Å². The first kappa shape index (κ1) is 13.0. The predicted molar refractivity (Wildman–Crippen MR) is 58.1 cm³/mol. The van der Waals surface area contributed by atoms with Gasteiger partial charge in [-0.15, -0.1) is 0 Å². The predicted octanol–water partition coefficient (Wildman–Crippen LogP) is 0.879. The smallest absolute Gasteiger partial charge is 0.329 e. The first-order valence-electron chi connectivity index (χ1n) is 5.61. The highest BCUT2D eigenvalue weighted by Gasteiger charge is 2.48. The number of nitrogens with zero attached hydrogens (tertiary/aromatic N) is 1. The van der Waals surface area contributed by atoms with E-state index in [2.05, 4.69) is 0 Å². The maximum atomic E-state index is 11.8. The molecule has 0 radical (unpaired) electrons. The van der Waals surface area contributed by atoms with Crippen LogP contribution in [0.4, 0.5) is 0 Å². The van der Waals surface area contributed by atoms with Crippen molar-refractivity contribution >= 4 is 11.9 Å². The van der Waals surface area contributed by atoms with E-state index in [1.165, 1.54) is 12.0 Å². The number of carboxylic acids is 1. The Morgan fingerprint density at radius 3 is 2.69 bits per heavy atom. The Labute approximate surface area is 95.4 Å². The van der Waals surface area contributed by atoms with Crippen LogP contribution in [0, 0.1) is 0 Å². The number of hydrogen-bond donors (Lipinski definition) is 1. The van der Waals surface area contributed by atoms with Gasteiger partial charge in [-0.25, -0.2) is 4.79 Å². The van der Waals surface area contributed by atoms with Crippen LogP contribution >= 0.6 is 0 Å². The Morgan fingerprint density at radius 2 is 2.19 bits per heavy atom. The molecule has 0 bridgehead atoms. The Bertz CT molecular complexity index is 279. The van der Waals surface area contributed by atoms with Crippen molar-refractivity contribution in [3.63, 3.8) is 0 Å². The monoisotopic (exact) mass is 229 g/mol. The van der Waals surface area contributed by atoms with E-state index in [0.29, 0.717) is 19.4 Å². The summed E-state index contributed by atoms with van der Waals surface area (Å²) < 4.78 is 4.78. The van der Waals surface area contributed by atoms with Crippen LogP contribution in [0.2, 0.25) is 0 Å². The van der Waals surface area contributed by atoms with Crippen molar-refractivity contribution in [1.82, 2.24) is 4.90 Å². The van der Waals surface area contributed by atoms with Crippen LogP contribution in [0.3, 0.4) is 0 Å². The standard InChI is InChI=1S/C11H19NO4/c1-3-5-11(10(14)15)6-4-7-12(11)9(13)8-16-2/h3-8H2,1-2H3,(H,14,15). The average molecular weight is 229 g/mol. The molecule has 92 valence electrons. The summed E-state index contributed by atoms with van der Waals surface area (Å²) in [6.07, 6.45) is 2.56. The van der Waals surface area contributed by atoms with Gasteiger partial charge in [0.2, 0.25) is 5.91 Å². The SMILES string of the molecule is CCCC1(C(=O)O)CCCN1C(=O)COC. The van der Waals surface area contributed by atoms with Gasteiger partial charge in [-0.1, -0.05) is 13.3 Å². The van der Waals surface area contributed by atoms with E-state index in [9.17, 15) is 14.7 Å². The number of carbonyl (C=O) groups excluding carboxylic acids is 1. The maximum Gasteiger partial charge on any atom is 0.329 e. The highest BCUT2D eigenvalue weighted by atomic mass is 16.5. The van der Waals surface area contributed by atoms with E-state index < -0.39 is 11.5 Å². The summed E-state index contributed by atoms with van der Waals surface area (Å²) in [7, 11) is 1.44. The van der Waals surface area contributed by atoms with Crippen LogP contribution in [0.15, 0.2) is 0 Å². The number of amides is 1. The Balaban J connectivity index is 2.89. The van der Waals surface area contributed by atoms with Gasteiger partial charge in [-0.3, -0.25) is 4.79 Å². The molecule has 1 amide bonds. The van der Waals surface area contributed by atoms with Gasteiger partial charge in [0, 0.05) is 13.7 Å². The highest BCUT2D eigenvalue weighted by molar-refractivity contribution is 5.88. The number of aliphatic carboxylic acids is 1. The molecule has 1 saturated heterocycles. The van der Waals surface area contributed by atoms with Crippen LogP contribution in [0.1, 0.15) is 32.6 Å². The van der Waals surface area contributed by atoms with Crippen LogP contribution in [0.25, 0.3) is 0 Å². The average Bonchev–Trinajstić information content (AvgIpc) is 2.64. The normalized spacial score (nSPS) is 24.8. The van der Waals surface area contributed by atoms with Crippen molar-refractivity contribution in [2.45, 2.75) is 38.1 Å². The fourth-order valence-corrected chi connectivity index (χ4v) is 2.45. The van der Waals surface area contributed by atoms with Crippen LogP contribution in [-0.2, 0) is 14.3 Å². The summed E-state index contributed by atoms with van der Waals surface area (Å²) in [6, 6.07) is 0. The molecule has 5 nitrogen and oxygen atoms in total. The molecule has 0 saturated carbocycles. The fourth-order valence-electron chi connectivity index (χ4n) is 2.45. The second kappa shape index (κ2) is 5.30. The molecule has 1 aliphatic rings. The van der Waals surface area contributed by atoms with E-state index in [4.69, 9.17) is 4.74 Å². The van der Waals surface area contributed by atoms with E-state index in [0.717, 1.165) is 12.8 Å². The minimum absolute atomic E-state index is 0.0429. The van der Waals surface area contributed by atoms with Gasteiger partial charge < -0.3 is 14.7 Å². The summed E-state index contributed by atoms with van der Waals surface area (Å²) in [4.78, 5) is 24.7. The number of methoxy groups -OCH3 is 1. The first-order chi connectivity index (χ1) is 7.58. The molecule has 1 aliphatic heterocycles. The highest BCUT2D eigenvalue weighted by Crippen LogP contribution is 2.34. The number of carboxylic acid groups (broad SMARTS) is 1. The zero-order valence-electron chi connectivity index (χ0n) is 9.86. The molecule has 1 unspecified atom stereocenters. The molecule has 1 fully saturated rings. The number of ether oxygens (including phenoxy) is 1. The van der Waals surface area contributed by atoms with E-state index in [-0.39, 0.29) is 12.5 Å². The number of rotatable bonds is 5. The molecule has 0 aromatic carbocycles. The van der Waals surface area contributed by atoms with Crippen molar-refractivity contribution in [2.75, 3.05) is 20.3 Å². The molecule has 16 heavy (non-hydrogen) atoms. The summed E-state index contributed by atoms with van der Waals surface area (Å²) >= 11 is 0. The van der Waals surface area contributed by atoms with Crippen LogP contribution in [-0.4, -0.2) is 47.7 Å². The van der Waals surface area contributed by atoms with Crippen molar-refractivity contribution < 1.29 is 19.4 Å². The summed E-state index contributed by atoms with van der Waals surface area (Å²) in [5.41, 5.74) is -0.996. The van der Waals surface area contributed by atoms with Crippen molar-refractivity contribution in [1.29, 1.82) is 0 Å². The molecular formula is C11H19NO4. The zero-order valence-corrected chi connectivity index (χ0v) is 9.86. The second-order valence-corrected chi connectivity index (χ2v) is 4.17. The fraction of sp³-hybridized carbons (Fsp3) is 0.818. The van der Waals surface area contributed by atoms with E-state index in [1.54, 1.807) is 0 Å². The molecule has 5 heteroatoms. The van der Waals surface area contributed by atoms with Crippen LogP contribution in [0.5, 0.6) is 0 Å². The maximum absolute atomic E-state index is 11.8. The Hall–Kier alpha value is -1.10. The summed E-state index contributed by atoms with van der Waals surface area (Å²) in [6.45, 7) is 2.41. The van der Waals surface area contributed by atoms with Gasteiger partial charge in [0.05, 0.1) is 0 Å².